The number of ether oxygens (including phenoxy) is 1. The van der Waals surface area contributed by atoms with E-state index in [-0.39, 0.29) is 0 Å². The van der Waals surface area contributed by atoms with Crippen molar-refractivity contribution in [3.8, 4) is 0 Å². The monoisotopic (exact) mass is 635 g/mol. The highest BCUT2D eigenvalue weighted by Gasteiger charge is 2.47. The van der Waals surface area contributed by atoms with Gasteiger partial charge in [-0.3, -0.25) is 23.7 Å². The molecule has 1 aliphatic rings. The number of halogens is 3. The van der Waals surface area contributed by atoms with E-state index in [0.717, 1.165) is 18.5 Å². The van der Waals surface area contributed by atoms with E-state index in [9.17, 15) is 56.4 Å². The molecule has 1 amide bonds. The van der Waals surface area contributed by atoms with E-state index in [4.69, 9.17) is 19.4 Å². The number of aliphatic hydroxyl groups excluding tert-OH is 2. The van der Waals surface area contributed by atoms with Crippen molar-refractivity contribution in [2.45, 2.75) is 30.6 Å². The number of aromatic amines is 1. The minimum absolute atomic E-state index is 0.536. The first-order valence-corrected chi connectivity index (χ1v) is 14.3. The fourth-order valence-electron chi connectivity index (χ4n) is 2.85. The number of phosphoric acid groups is 3. The topological polar surface area (TPSA) is 293 Å². The average Bonchev–Trinajstić information content (AvgIpc) is 3.01. The molecule has 25 heteroatoms. The second-order valence-electron chi connectivity index (χ2n) is 7.31. The summed E-state index contributed by atoms with van der Waals surface area (Å²) in [6.07, 6.45) is -10.1. The normalized spacial score (nSPS) is 25.4. The lowest BCUT2D eigenvalue weighted by Crippen LogP contribution is -2.37. The van der Waals surface area contributed by atoms with Crippen molar-refractivity contribution in [2.75, 3.05) is 13.2 Å². The van der Waals surface area contributed by atoms with Gasteiger partial charge in [0.25, 0.3) is 5.56 Å². The third-order valence-electron chi connectivity index (χ3n) is 4.39. The Morgan fingerprint density at radius 2 is 1.72 bits per heavy atom. The number of amides is 1. The summed E-state index contributed by atoms with van der Waals surface area (Å²) < 4.78 is 87.5. The number of carbonyl (C=O) groups is 1. The number of nitrogens with zero attached hydrogens (tertiary/aromatic N) is 1. The number of H-pyrrole nitrogens is 1. The van der Waals surface area contributed by atoms with Gasteiger partial charge in [-0.05, 0) is 6.08 Å². The van der Waals surface area contributed by atoms with Crippen LogP contribution in [-0.2, 0) is 36.4 Å². The molecule has 1 aromatic rings. The summed E-state index contributed by atoms with van der Waals surface area (Å²) in [6.45, 7) is -1.88. The number of carbonyl (C=O) groups excluding carboxylic acids is 1. The van der Waals surface area contributed by atoms with E-state index < -0.39 is 89.9 Å². The molecule has 8 N–H and O–H groups in total. The molecular formula is C14H19F3N3O16P3. The third kappa shape index (κ3) is 9.83. The van der Waals surface area contributed by atoms with E-state index in [1.165, 1.54) is 5.32 Å². The van der Waals surface area contributed by atoms with Gasteiger partial charge in [0, 0.05) is 18.9 Å². The molecule has 1 fully saturated rings. The van der Waals surface area contributed by atoms with Crippen LogP contribution in [0.2, 0.25) is 0 Å². The van der Waals surface area contributed by atoms with Crippen molar-refractivity contribution in [1.29, 1.82) is 0 Å². The summed E-state index contributed by atoms with van der Waals surface area (Å²) in [5, 5.41) is 21.9. The Morgan fingerprint density at radius 1 is 1.10 bits per heavy atom. The first kappa shape index (κ1) is 33.2. The molecule has 0 radical (unpaired) electrons. The quantitative estimate of drug-likeness (QED) is 0.124. The predicted molar refractivity (Wildman–Crippen MR) is 115 cm³/mol. The molecule has 1 aromatic heterocycles. The van der Waals surface area contributed by atoms with Crippen LogP contribution in [0.15, 0.2) is 21.9 Å². The Labute approximate surface area is 212 Å². The Morgan fingerprint density at radius 3 is 2.28 bits per heavy atom. The van der Waals surface area contributed by atoms with Crippen LogP contribution in [0.1, 0.15) is 11.7 Å². The van der Waals surface area contributed by atoms with E-state index in [1.54, 1.807) is 4.98 Å². The van der Waals surface area contributed by atoms with Gasteiger partial charge in [0.05, 0.1) is 12.2 Å². The van der Waals surface area contributed by atoms with Gasteiger partial charge < -0.3 is 39.8 Å². The van der Waals surface area contributed by atoms with Crippen molar-refractivity contribution in [1.82, 2.24) is 14.9 Å². The summed E-state index contributed by atoms with van der Waals surface area (Å²) in [5.74, 6) is -2.26. The van der Waals surface area contributed by atoms with Crippen molar-refractivity contribution in [3.63, 3.8) is 0 Å². The molecule has 6 atom stereocenters. The van der Waals surface area contributed by atoms with Crippen LogP contribution in [0.25, 0.3) is 6.20 Å². The molecule has 2 rings (SSSR count). The van der Waals surface area contributed by atoms with Crippen LogP contribution in [0.4, 0.5) is 13.2 Å². The molecule has 2 heterocycles. The minimum Gasteiger partial charge on any atom is -0.387 e. The summed E-state index contributed by atoms with van der Waals surface area (Å²) in [5.41, 5.74) is -2.80. The number of aromatic nitrogens is 2. The van der Waals surface area contributed by atoms with Gasteiger partial charge >= 0.3 is 41.2 Å². The molecule has 0 spiro atoms. The van der Waals surface area contributed by atoms with Crippen LogP contribution in [0.3, 0.4) is 0 Å². The molecule has 0 saturated carbocycles. The van der Waals surface area contributed by atoms with Crippen LogP contribution >= 0.6 is 23.5 Å². The lowest BCUT2D eigenvalue weighted by molar-refractivity contribution is -0.173. The van der Waals surface area contributed by atoms with Crippen LogP contribution in [-0.4, -0.2) is 82.9 Å². The second-order valence-corrected chi connectivity index (χ2v) is 11.7. The molecule has 0 aromatic carbocycles. The zero-order valence-corrected chi connectivity index (χ0v) is 21.3. The van der Waals surface area contributed by atoms with Gasteiger partial charge in [0.2, 0.25) is 0 Å². The van der Waals surface area contributed by atoms with E-state index in [2.05, 4.69) is 13.1 Å². The second kappa shape index (κ2) is 12.2. The zero-order valence-electron chi connectivity index (χ0n) is 18.6. The number of aliphatic hydroxyl groups is 2. The Kier molecular flexibility index (Phi) is 10.4. The molecule has 0 bridgehead atoms. The Balaban J connectivity index is 2.13. The standard InChI is InChI=1S/C14H19F3N3O16P3/c15-14(16,17)12(24)18-2-1-3-20-4-6(11(23)19-13(20)25)10-9(22)8(21)7(34-10)5-33-38(29,30)36-39(31,32)35-37(26,27)28/h1,3-4,7-10,21-22H,2,5H2,(H,18,24)(H,29,30)(H,31,32)(H,19,23,25)(H2,26,27,28)/b3-1+/t7-,8?,9+,10+/m1/s1. The summed E-state index contributed by atoms with van der Waals surface area (Å²) in [6, 6.07) is 0. The number of hydrogen-bond acceptors (Lipinski definition) is 12. The molecule has 1 aliphatic heterocycles. The van der Waals surface area contributed by atoms with Crippen LogP contribution in [0.5, 0.6) is 0 Å². The first-order chi connectivity index (χ1) is 17.6. The van der Waals surface area contributed by atoms with Crippen molar-refractivity contribution in [3.05, 3.63) is 38.7 Å². The van der Waals surface area contributed by atoms with Gasteiger partial charge in [0.1, 0.15) is 24.4 Å². The number of nitrogens with one attached hydrogen (secondary N) is 2. The largest absolute Gasteiger partial charge is 0.490 e. The zero-order chi connectivity index (χ0) is 30.0. The summed E-state index contributed by atoms with van der Waals surface area (Å²) in [4.78, 5) is 72.4. The van der Waals surface area contributed by atoms with Crippen molar-refractivity contribution < 1.29 is 79.3 Å². The fourth-order valence-corrected chi connectivity index (χ4v) is 5.88. The van der Waals surface area contributed by atoms with Gasteiger partial charge in [-0.2, -0.15) is 21.8 Å². The van der Waals surface area contributed by atoms with E-state index in [1.807, 2.05) is 0 Å². The average molecular weight is 635 g/mol. The maximum atomic E-state index is 12.2. The molecule has 39 heavy (non-hydrogen) atoms. The van der Waals surface area contributed by atoms with Crippen molar-refractivity contribution >= 4 is 35.6 Å². The number of hydrogen-bond donors (Lipinski definition) is 8. The molecule has 19 nitrogen and oxygen atoms in total. The predicted octanol–water partition coefficient (Wildman–Crippen LogP) is -1.81. The van der Waals surface area contributed by atoms with Gasteiger partial charge in [0.15, 0.2) is 0 Å². The molecular weight excluding hydrogens is 616 g/mol. The maximum Gasteiger partial charge on any atom is 0.490 e. The van der Waals surface area contributed by atoms with Gasteiger partial charge in [-0.25, -0.2) is 18.5 Å². The Bertz CT molecular complexity index is 1360. The molecule has 0 aliphatic carbocycles. The SMILES string of the molecule is O=C(NC/C=C/n1cc([C@@H]2O[C@H](COP(=O)(O)OP(=O)(O)OP(=O)(O)O)C(O)[C@@H]2O)c(=O)[nH]c1=O)C(F)(F)F. The maximum absolute atomic E-state index is 12.2. The molecule has 1 saturated heterocycles. The summed E-state index contributed by atoms with van der Waals surface area (Å²) >= 11 is 0. The van der Waals surface area contributed by atoms with Gasteiger partial charge in [-0.15, -0.1) is 0 Å². The highest BCUT2D eigenvalue weighted by atomic mass is 31.3. The minimum atomic E-state index is -5.84. The Hall–Kier alpha value is -2.03. The number of rotatable bonds is 11. The summed E-state index contributed by atoms with van der Waals surface area (Å²) in [7, 11) is -17.1. The van der Waals surface area contributed by atoms with Gasteiger partial charge in [-0.1, -0.05) is 0 Å². The van der Waals surface area contributed by atoms with E-state index >= 15 is 0 Å². The molecule has 222 valence electrons. The molecule has 3 unspecified atom stereocenters. The van der Waals surface area contributed by atoms with Crippen LogP contribution < -0.4 is 16.6 Å². The highest BCUT2D eigenvalue weighted by molar-refractivity contribution is 7.66. The lowest BCUT2D eigenvalue weighted by atomic mass is 10.0. The fraction of sp³-hybridized carbons (Fsp3) is 0.500. The van der Waals surface area contributed by atoms with E-state index in [0.29, 0.717) is 4.57 Å². The first-order valence-electron chi connectivity index (χ1n) is 9.79. The van der Waals surface area contributed by atoms with Crippen molar-refractivity contribution in [2.24, 2.45) is 0 Å². The lowest BCUT2D eigenvalue weighted by Gasteiger charge is -2.19. The number of phosphoric ester groups is 1. The smallest absolute Gasteiger partial charge is 0.387 e. The van der Waals surface area contributed by atoms with Crippen LogP contribution in [0, 0.1) is 0 Å². The number of alkyl halides is 3. The highest BCUT2D eigenvalue weighted by Crippen LogP contribution is 2.66. The third-order valence-corrected chi connectivity index (χ3v) is 8.19.